The van der Waals surface area contributed by atoms with E-state index in [4.69, 9.17) is 10.5 Å². The van der Waals surface area contributed by atoms with Crippen molar-refractivity contribution in [2.24, 2.45) is 5.73 Å². The summed E-state index contributed by atoms with van der Waals surface area (Å²) in [5.74, 6) is 0.983. The third kappa shape index (κ3) is 2.78. The van der Waals surface area contributed by atoms with Crippen LogP contribution in [0.25, 0.3) is 0 Å². The minimum atomic E-state index is 0.143. The van der Waals surface area contributed by atoms with Crippen molar-refractivity contribution in [3.63, 3.8) is 0 Å². The third-order valence-electron chi connectivity index (χ3n) is 3.08. The average Bonchev–Trinajstić information content (AvgIpc) is 2.19. The van der Waals surface area contributed by atoms with E-state index in [0.717, 1.165) is 19.0 Å². The quantitative estimate of drug-likeness (QED) is 0.873. The summed E-state index contributed by atoms with van der Waals surface area (Å²) in [6.07, 6.45) is 0. The average molecular weight is 237 g/mol. The lowest BCUT2D eigenvalue weighted by atomic mass is 10.0. The van der Waals surface area contributed by atoms with Crippen molar-refractivity contribution in [3.05, 3.63) is 34.9 Å². The SMILES string of the molecule is Cc1ccc(C(N)CSC2COC2)cc1C. The van der Waals surface area contributed by atoms with Crippen molar-refractivity contribution in [1.29, 1.82) is 0 Å². The van der Waals surface area contributed by atoms with E-state index < -0.39 is 0 Å². The molecule has 1 atom stereocenters. The van der Waals surface area contributed by atoms with Crippen molar-refractivity contribution >= 4 is 11.8 Å². The van der Waals surface area contributed by atoms with Gasteiger partial charge in [-0.2, -0.15) is 11.8 Å². The Hall–Kier alpha value is -0.510. The van der Waals surface area contributed by atoms with Crippen LogP contribution >= 0.6 is 11.8 Å². The smallest absolute Gasteiger partial charge is 0.0607 e. The van der Waals surface area contributed by atoms with Gasteiger partial charge in [0.25, 0.3) is 0 Å². The largest absolute Gasteiger partial charge is 0.379 e. The zero-order chi connectivity index (χ0) is 11.5. The van der Waals surface area contributed by atoms with Gasteiger partial charge in [0.15, 0.2) is 0 Å². The topological polar surface area (TPSA) is 35.2 Å². The first-order valence-electron chi connectivity index (χ1n) is 5.69. The molecule has 0 aromatic heterocycles. The molecule has 1 unspecified atom stereocenters. The van der Waals surface area contributed by atoms with E-state index in [-0.39, 0.29) is 6.04 Å². The highest BCUT2D eigenvalue weighted by Gasteiger charge is 2.20. The van der Waals surface area contributed by atoms with E-state index in [1.807, 2.05) is 11.8 Å². The molecule has 0 amide bonds. The van der Waals surface area contributed by atoms with Gasteiger partial charge >= 0.3 is 0 Å². The summed E-state index contributed by atoms with van der Waals surface area (Å²) in [4.78, 5) is 0. The highest BCUT2D eigenvalue weighted by molar-refractivity contribution is 8.00. The number of nitrogens with two attached hydrogens (primary N) is 1. The Balaban J connectivity index is 1.91. The van der Waals surface area contributed by atoms with Crippen molar-refractivity contribution in [2.75, 3.05) is 19.0 Å². The van der Waals surface area contributed by atoms with E-state index in [2.05, 4.69) is 32.0 Å². The number of rotatable bonds is 4. The number of aryl methyl sites for hydroxylation is 2. The van der Waals surface area contributed by atoms with Crippen molar-refractivity contribution < 1.29 is 4.74 Å². The van der Waals surface area contributed by atoms with Gasteiger partial charge in [-0.3, -0.25) is 0 Å². The number of thioether (sulfide) groups is 1. The van der Waals surface area contributed by atoms with Crippen LogP contribution in [-0.4, -0.2) is 24.2 Å². The summed E-state index contributed by atoms with van der Waals surface area (Å²) in [6, 6.07) is 6.65. The Kier molecular flexibility index (Phi) is 3.90. The second-order valence-corrected chi connectivity index (χ2v) is 5.78. The highest BCUT2D eigenvalue weighted by atomic mass is 32.2. The van der Waals surface area contributed by atoms with E-state index in [1.54, 1.807) is 0 Å². The monoisotopic (exact) mass is 237 g/mol. The van der Waals surface area contributed by atoms with Gasteiger partial charge in [-0.05, 0) is 30.5 Å². The summed E-state index contributed by atoms with van der Waals surface area (Å²) in [5.41, 5.74) is 10.1. The number of benzene rings is 1. The Morgan fingerprint density at radius 2 is 2.12 bits per heavy atom. The zero-order valence-electron chi connectivity index (χ0n) is 9.90. The Morgan fingerprint density at radius 1 is 1.38 bits per heavy atom. The van der Waals surface area contributed by atoms with E-state index >= 15 is 0 Å². The van der Waals surface area contributed by atoms with Crippen LogP contribution in [0.15, 0.2) is 18.2 Å². The number of hydrogen-bond donors (Lipinski definition) is 1. The van der Waals surface area contributed by atoms with Crippen LogP contribution in [0, 0.1) is 13.8 Å². The standard InChI is InChI=1S/C13H19NOS/c1-9-3-4-11(5-10(9)2)13(14)8-16-12-6-15-7-12/h3-5,12-13H,6-8,14H2,1-2H3. The fraction of sp³-hybridized carbons (Fsp3) is 0.538. The van der Waals surface area contributed by atoms with Crippen molar-refractivity contribution in [1.82, 2.24) is 0 Å². The number of ether oxygens (including phenoxy) is 1. The van der Waals surface area contributed by atoms with Gasteiger partial charge in [-0.25, -0.2) is 0 Å². The van der Waals surface area contributed by atoms with Crippen LogP contribution in [0.5, 0.6) is 0 Å². The van der Waals surface area contributed by atoms with Crippen molar-refractivity contribution in [2.45, 2.75) is 25.1 Å². The minimum absolute atomic E-state index is 0.143. The van der Waals surface area contributed by atoms with Gasteiger partial charge in [0.05, 0.1) is 18.5 Å². The fourth-order valence-electron chi connectivity index (χ4n) is 1.64. The lowest BCUT2D eigenvalue weighted by molar-refractivity contribution is 0.0455. The second kappa shape index (κ2) is 5.21. The second-order valence-electron chi connectivity index (χ2n) is 4.44. The molecule has 1 saturated heterocycles. The van der Waals surface area contributed by atoms with Gasteiger partial charge in [-0.15, -0.1) is 0 Å². The summed E-state index contributed by atoms with van der Waals surface area (Å²) in [6.45, 7) is 6.05. The maximum absolute atomic E-state index is 6.18. The van der Waals surface area contributed by atoms with Gasteiger partial charge in [0.2, 0.25) is 0 Å². The molecule has 0 bridgehead atoms. The molecule has 2 rings (SSSR count). The molecule has 1 aliphatic heterocycles. The molecule has 0 radical (unpaired) electrons. The molecule has 1 fully saturated rings. The summed E-state index contributed by atoms with van der Waals surface area (Å²) >= 11 is 1.93. The van der Waals surface area contributed by atoms with E-state index in [9.17, 15) is 0 Å². The zero-order valence-corrected chi connectivity index (χ0v) is 10.7. The van der Waals surface area contributed by atoms with Gasteiger partial charge in [0, 0.05) is 11.8 Å². The highest BCUT2D eigenvalue weighted by Crippen LogP contribution is 2.24. The molecule has 1 aliphatic rings. The van der Waals surface area contributed by atoms with Crippen LogP contribution in [-0.2, 0) is 4.74 Å². The first-order valence-corrected chi connectivity index (χ1v) is 6.74. The molecule has 0 saturated carbocycles. The first-order chi connectivity index (χ1) is 7.66. The van der Waals surface area contributed by atoms with Gasteiger partial charge in [0.1, 0.15) is 0 Å². The third-order valence-corrected chi connectivity index (χ3v) is 4.37. The molecule has 1 aromatic rings. The first kappa shape index (κ1) is 12.0. The molecular weight excluding hydrogens is 218 g/mol. The number of hydrogen-bond acceptors (Lipinski definition) is 3. The van der Waals surface area contributed by atoms with Crippen LogP contribution < -0.4 is 5.73 Å². The molecule has 1 aromatic carbocycles. The summed E-state index contributed by atoms with van der Waals surface area (Å²) in [5, 5.41) is 0.664. The van der Waals surface area contributed by atoms with Crippen molar-refractivity contribution in [3.8, 4) is 0 Å². The molecule has 1 heterocycles. The molecule has 16 heavy (non-hydrogen) atoms. The van der Waals surface area contributed by atoms with Crippen LogP contribution in [0.1, 0.15) is 22.7 Å². The summed E-state index contributed by atoms with van der Waals surface area (Å²) in [7, 11) is 0. The van der Waals surface area contributed by atoms with Gasteiger partial charge < -0.3 is 10.5 Å². The Bertz CT molecular complexity index is 363. The molecule has 2 nitrogen and oxygen atoms in total. The fourth-order valence-corrected chi connectivity index (χ4v) is 2.70. The van der Waals surface area contributed by atoms with Crippen LogP contribution in [0.3, 0.4) is 0 Å². The minimum Gasteiger partial charge on any atom is -0.379 e. The molecule has 0 aliphatic carbocycles. The van der Waals surface area contributed by atoms with E-state index in [0.29, 0.717) is 5.25 Å². The lowest BCUT2D eigenvalue weighted by Crippen LogP contribution is -2.31. The predicted molar refractivity (Wildman–Crippen MR) is 69.9 cm³/mol. The molecule has 0 spiro atoms. The lowest BCUT2D eigenvalue weighted by Gasteiger charge is -2.26. The molecule has 2 N–H and O–H groups in total. The maximum atomic E-state index is 6.18. The van der Waals surface area contributed by atoms with Crippen LogP contribution in [0.4, 0.5) is 0 Å². The Morgan fingerprint density at radius 3 is 2.69 bits per heavy atom. The maximum Gasteiger partial charge on any atom is 0.0607 e. The molecular formula is C13H19NOS. The van der Waals surface area contributed by atoms with Gasteiger partial charge in [-0.1, -0.05) is 18.2 Å². The Labute approximate surface area is 102 Å². The molecule has 3 heteroatoms. The van der Waals surface area contributed by atoms with Crippen LogP contribution in [0.2, 0.25) is 0 Å². The molecule has 88 valence electrons. The summed E-state index contributed by atoms with van der Waals surface area (Å²) < 4.78 is 5.15. The normalized spacial score (nSPS) is 18.2. The predicted octanol–water partition coefficient (Wildman–Crippen LogP) is 2.44. The van der Waals surface area contributed by atoms with E-state index in [1.165, 1.54) is 16.7 Å².